The van der Waals surface area contributed by atoms with E-state index in [4.69, 9.17) is 4.74 Å². The number of nitrogens with one attached hydrogen (secondary N) is 2. The van der Waals surface area contributed by atoms with E-state index < -0.39 is 12.1 Å². The number of amides is 3. The van der Waals surface area contributed by atoms with Gasteiger partial charge in [-0.3, -0.25) is 9.78 Å². The number of aromatic nitrogens is 1. The number of hydrogen-bond donors (Lipinski definition) is 2. The number of ether oxygens (including phenoxy) is 1. The van der Waals surface area contributed by atoms with Gasteiger partial charge in [0.25, 0.3) is 5.91 Å². The van der Waals surface area contributed by atoms with Crippen molar-refractivity contribution in [3.63, 3.8) is 0 Å². The topological polar surface area (TPSA) is 108 Å². The van der Waals surface area contributed by atoms with Crippen LogP contribution in [0.3, 0.4) is 0 Å². The fraction of sp³-hybridized carbons (Fsp3) is 0.308. The Bertz CT molecular complexity index is 1860. The van der Waals surface area contributed by atoms with Crippen molar-refractivity contribution in [2.24, 2.45) is 21.7 Å². The van der Waals surface area contributed by atoms with E-state index in [2.05, 4.69) is 46.8 Å². The van der Waals surface area contributed by atoms with Crippen LogP contribution in [-0.2, 0) is 11.2 Å². The molecule has 0 saturated carbocycles. The van der Waals surface area contributed by atoms with Gasteiger partial charge in [-0.15, -0.1) is 5.11 Å². The number of hydrogen-bond acceptors (Lipinski definition) is 6. The molecule has 1 fully saturated rings. The first-order valence-corrected chi connectivity index (χ1v) is 16.5. The summed E-state index contributed by atoms with van der Waals surface area (Å²) >= 11 is 0. The number of rotatable bonds is 7. The molecule has 3 aromatic carbocycles. The quantitative estimate of drug-likeness (QED) is 0.155. The second kappa shape index (κ2) is 14.2. The van der Waals surface area contributed by atoms with Crippen molar-refractivity contribution in [2.45, 2.75) is 53.1 Å². The minimum absolute atomic E-state index is 0.0710. The number of aryl methyl sites for hydroxylation is 1. The number of nitrogens with zero attached hydrogens (tertiary/aromatic N) is 4. The number of allylic oxidation sites excluding steroid dienone is 2. The summed E-state index contributed by atoms with van der Waals surface area (Å²) in [5, 5.41) is 12.1. The van der Waals surface area contributed by atoms with Gasteiger partial charge in [-0.2, -0.15) is 0 Å². The van der Waals surface area contributed by atoms with Crippen LogP contribution in [0.15, 0.2) is 119 Å². The summed E-state index contributed by atoms with van der Waals surface area (Å²) in [5.74, 6) is 0.558. The van der Waals surface area contributed by atoms with Crippen molar-refractivity contribution in [3.05, 3.63) is 131 Å². The molecule has 2 aliphatic heterocycles. The second-order valence-electron chi connectivity index (χ2n) is 13.6. The van der Waals surface area contributed by atoms with Gasteiger partial charge < -0.3 is 15.0 Å². The van der Waals surface area contributed by atoms with Crippen molar-refractivity contribution < 1.29 is 14.3 Å². The Morgan fingerprint density at radius 3 is 2.42 bits per heavy atom. The van der Waals surface area contributed by atoms with E-state index in [0.29, 0.717) is 22.9 Å². The lowest BCUT2D eigenvalue weighted by molar-refractivity contribution is 0.0692. The molecule has 48 heavy (non-hydrogen) atoms. The van der Waals surface area contributed by atoms with Crippen molar-refractivity contribution in [1.29, 1.82) is 0 Å². The lowest BCUT2D eigenvalue weighted by Gasteiger charge is -2.32. The van der Waals surface area contributed by atoms with Gasteiger partial charge in [0.15, 0.2) is 6.10 Å². The molecular formula is C39H42N6O3. The van der Waals surface area contributed by atoms with Crippen LogP contribution >= 0.6 is 0 Å². The van der Waals surface area contributed by atoms with Crippen LogP contribution in [0.2, 0.25) is 0 Å². The van der Waals surface area contributed by atoms with Gasteiger partial charge in [-0.1, -0.05) is 86.2 Å². The third-order valence-corrected chi connectivity index (χ3v) is 8.98. The molecule has 6 rings (SSSR count). The molecule has 2 N–H and O–H groups in total. The summed E-state index contributed by atoms with van der Waals surface area (Å²) in [4.78, 5) is 32.3. The number of para-hydroxylation sites is 1. The SMILES string of the molecule is Cc1ccc(C2OC=C(C(C)(C)C)C=C2N=NNC(=O)Nc2ccc(CC3CCN(C(=O)c4ccnc5ccccc45)CC3)cc2)cc1. The molecule has 9 nitrogen and oxygen atoms in total. The zero-order chi connectivity index (χ0) is 33.7. The molecule has 9 heteroatoms. The third-order valence-electron chi connectivity index (χ3n) is 8.98. The van der Waals surface area contributed by atoms with Gasteiger partial charge in [-0.25, -0.2) is 10.2 Å². The molecule has 0 spiro atoms. The van der Waals surface area contributed by atoms with Gasteiger partial charge in [0.05, 0.1) is 17.3 Å². The molecule has 3 heterocycles. The molecule has 0 radical (unpaired) electrons. The lowest BCUT2D eigenvalue weighted by atomic mass is 9.85. The predicted octanol–water partition coefficient (Wildman–Crippen LogP) is 8.71. The molecule has 1 aromatic heterocycles. The number of fused-ring (bicyclic) bond motifs is 1. The molecule has 3 amide bonds. The Kier molecular flexibility index (Phi) is 9.66. The first-order valence-electron chi connectivity index (χ1n) is 16.5. The molecule has 1 atom stereocenters. The normalized spacial score (nSPS) is 17.1. The highest BCUT2D eigenvalue weighted by Crippen LogP contribution is 2.37. The van der Waals surface area contributed by atoms with E-state index in [9.17, 15) is 9.59 Å². The van der Waals surface area contributed by atoms with Gasteiger partial charge in [0, 0.05) is 30.4 Å². The highest BCUT2D eigenvalue weighted by atomic mass is 16.5. The largest absolute Gasteiger partial charge is 0.487 e. The van der Waals surface area contributed by atoms with Crippen LogP contribution in [-0.4, -0.2) is 34.9 Å². The van der Waals surface area contributed by atoms with Gasteiger partial charge in [0.2, 0.25) is 0 Å². The van der Waals surface area contributed by atoms with Crippen molar-refractivity contribution in [1.82, 2.24) is 15.3 Å². The van der Waals surface area contributed by atoms with Crippen LogP contribution in [0, 0.1) is 18.3 Å². The van der Waals surface area contributed by atoms with Crippen LogP contribution in [0.5, 0.6) is 0 Å². The summed E-state index contributed by atoms with van der Waals surface area (Å²) in [6.07, 6.45) is 7.85. The third kappa shape index (κ3) is 7.79. The number of carbonyl (C=O) groups excluding carboxylic acids is 2. The van der Waals surface area contributed by atoms with E-state index in [1.165, 1.54) is 5.56 Å². The number of piperidine rings is 1. The molecule has 0 bridgehead atoms. The van der Waals surface area contributed by atoms with Crippen LogP contribution in [0.25, 0.3) is 10.9 Å². The summed E-state index contributed by atoms with van der Waals surface area (Å²) in [7, 11) is 0. The Hall–Kier alpha value is -5.31. The van der Waals surface area contributed by atoms with E-state index in [1.807, 2.05) is 96.8 Å². The number of pyridine rings is 1. The summed E-state index contributed by atoms with van der Waals surface area (Å²) in [6, 6.07) is 25.1. The van der Waals surface area contributed by atoms with Crippen molar-refractivity contribution >= 4 is 28.5 Å². The number of benzene rings is 3. The maximum atomic E-state index is 13.3. The fourth-order valence-electron chi connectivity index (χ4n) is 6.08. The molecule has 246 valence electrons. The Labute approximate surface area is 281 Å². The molecular weight excluding hydrogens is 600 g/mol. The Morgan fingerprint density at radius 2 is 1.69 bits per heavy atom. The number of urea groups is 1. The maximum Gasteiger partial charge on any atom is 0.341 e. The average Bonchev–Trinajstić information content (AvgIpc) is 3.09. The molecule has 1 unspecified atom stereocenters. The smallest absolute Gasteiger partial charge is 0.341 e. The van der Waals surface area contributed by atoms with E-state index >= 15 is 0 Å². The summed E-state index contributed by atoms with van der Waals surface area (Å²) in [5.41, 5.74) is 9.46. The van der Waals surface area contributed by atoms with Gasteiger partial charge in [-0.05, 0) is 84.6 Å². The van der Waals surface area contributed by atoms with E-state index in [-0.39, 0.29) is 11.3 Å². The minimum Gasteiger partial charge on any atom is -0.487 e. The zero-order valence-corrected chi connectivity index (χ0v) is 27.9. The fourth-order valence-corrected chi connectivity index (χ4v) is 6.08. The molecule has 0 aliphatic carbocycles. The van der Waals surface area contributed by atoms with E-state index in [0.717, 1.165) is 60.0 Å². The van der Waals surface area contributed by atoms with Gasteiger partial charge in [0.1, 0.15) is 5.70 Å². The highest BCUT2D eigenvalue weighted by Gasteiger charge is 2.27. The average molecular weight is 643 g/mol. The number of anilines is 1. The Morgan fingerprint density at radius 1 is 0.958 bits per heavy atom. The highest BCUT2D eigenvalue weighted by molar-refractivity contribution is 6.06. The van der Waals surface area contributed by atoms with Crippen LogP contribution in [0.4, 0.5) is 10.5 Å². The first kappa shape index (κ1) is 32.6. The molecule has 1 saturated heterocycles. The zero-order valence-electron chi connectivity index (χ0n) is 27.9. The molecule has 4 aromatic rings. The van der Waals surface area contributed by atoms with Crippen molar-refractivity contribution in [3.8, 4) is 0 Å². The first-order chi connectivity index (χ1) is 23.1. The summed E-state index contributed by atoms with van der Waals surface area (Å²) < 4.78 is 6.09. The van der Waals surface area contributed by atoms with Gasteiger partial charge >= 0.3 is 6.03 Å². The monoisotopic (exact) mass is 642 g/mol. The molecule has 2 aliphatic rings. The van der Waals surface area contributed by atoms with Crippen molar-refractivity contribution in [2.75, 3.05) is 18.4 Å². The summed E-state index contributed by atoms with van der Waals surface area (Å²) in [6.45, 7) is 9.82. The van der Waals surface area contributed by atoms with Crippen LogP contribution < -0.4 is 10.7 Å². The Balaban J connectivity index is 0.999. The predicted molar refractivity (Wildman–Crippen MR) is 188 cm³/mol. The standard InChI is InChI=1S/C39H42N6O3/c1-26-9-13-29(14-10-26)36-35(24-30(25-48-36)39(2,3)4)42-44-43-38(47)41-31-15-11-27(12-16-31)23-28-18-21-45(22-19-28)37(46)33-17-20-40-34-8-6-5-7-32(33)34/h5-17,20,24-25,28,36H,18-19,21-23H2,1-4H3,(H2,41,42,43,47). The minimum atomic E-state index is -0.485. The number of carbonyl (C=O) groups is 2. The van der Waals surface area contributed by atoms with Crippen LogP contribution in [0.1, 0.15) is 66.8 Å². The maximum absolute atomic E-state index is 13.3. The second-order valence-corrected chi connectivity index (χ2v) is 13.6. The number of likely N-dealkylation sites (tertiary alicyclic amines) is 1. The van der Waals surface area contributed by atoms with E-state index in [1.54, 1.807) is 12.5 Å². The lowest BCUT2D eigenvalue weighted by Crippen LogP contribution is -2.39.